The summed E-state index contributed by atoms with van der Waals surface area (Å²) >= 11 is 1.32. The summed E-state index contributed by atoms with van der Waals surface area (Å²) in [5.41, 5.74) is 0. The van der Waals surface area contributed by atoms with Crippen LogP contribution in [0.1, 0.15) is 0 Å². The molecular formula is C9H6N2O2S. The molecule has 70 valence electrons. The molecule has 0 atom stereocenters. The molecule has 0 saturated carbocycles. The number of terminal acetylenes is 1. The summed E-state index contributed by atoms with van der Waals surface area (Å²) in [6.07, 6.45) is 6.65. The molecule has 0 bridgehead atoms. The van der Waals surface area contributed by atoms with Crippen LogP contribution in [0.2, 0.25) is 0 Å². The van der Waals surface area contributed by atoms with E-state index in [9.17, 15) is 0 Å². The molecular weight excluding hydrogens is 200 g/mol. The first-order valence-corrected chi connectivity index (χ1v) is 4.82. The molecule has 2 heterocycles. The van der Waals surface area contributed by atoms with Crippen molar-refractivity contribution in [3.05, 3.63) is 18.4 Å². The monoisotopic (exact) mass is 206 g/mol. The van der Waals surface area contributed by atoms with Gasteiger partial charge in [0.05, 0.1) is 12.0 Å². The number of thioether (sulfide) groups is 1. The van der Waals surface area contributed by atoms with E-state index in [1.807, 2.05) is 0 Å². The van der Waals surface area contributed by atoms with Gasteiger partial charge in [0.15, 0.2) is 5.76 Å². The summed E-state index contributed by atoms with van der Waals surface area (Å²) in [4.78, 5) is 0. The van der Waals surface area contributed by atoms with Crippen molar-refractivity contribution in [1.82, 2.24) is 10.2 Å². The van der Waals surface area contributed by atoms with E-state index in [-0.39, 0.29) is 0 Å². The number of rotatable bonds is 3. The number of furan rings is 1. The number of hydrogen-bond donors (Lipinski definition) is 0. The Morgan fingerprint density at radius 2 is 2.43 bits per heavy atom. The van der Waals surface area contributed by atoms with Gasteiger partial charge in [-0.2, -0.15) is 0 Å². The first-order valence-electron chi connectivity index (χ1n) is 3.84. The quantitative estimate of drug-likeness (QED) is 0.568. The fraction of sp³-hybridized carbons (Fsp3) is 0.111. The van der Waals surface area contributed by atoms with E-state index in [1.165, 1.54) is 11.8 Å². The van der Waals surface area contributed by atoms with Gasteiger partial charge in [-0.15, -0.1) is 16.6 Å². The first kappa shape index (κ1) is 8.91. The molecule has 5 heteroatoms. The largest absolute Gasteiger partial charge is 0.459 e. The lowest BCUT2D eigenvalue weighted by Gasteiger charge is -1.86. The summed E-state index contributed by atoms with van der Waals surface area (Å²) in [5, 5.41) is 8.07. The van der Waals surface area contributed by atoms with Crippen molar-refractivity contribution < 1.29 is 8.83 Å². The molecule has 4 nitrogen and oxygen atoms in total. The zero-order valence-corrected chi connectivity index (χ0v) is 7.95. The molecule has 0 aliphatic heterocycles. The van der Waals surface area contributed by atoms with Gasteiger partial charge in [0, 0.05) is 0 Å². The van der Waals surface area contributed by atoms with E-state index < -0.39 is 0 Å². The van der Waals surface area contributed by atoms with Crippen LogP contribution < -0.4 is 0 Å². The van der Waals surface area contributed by atoms with Crippen LogP contribution in [-0.4, -0.2) is 16.0 Å². The highest BCUT2D eigenvalue weighted by Gasteiger charge is 2.10. The Labute approximate surface area is 84.7 Å². The van der Waals surface area contributed by atoms with Crippen LogP contribution in [0, 0.1) is 12.3 Å². The van der Waals surface area contributed by atoms with Crippen molar-refractivity contribution in [1.29, 1.82) is 0 Å². The number of nitrogens with zero attached hydrogens (tertiary/aromatic N) is 2. The van der Waals surface area contributed by atoms with Gasteiger partial charge in [-0.05, 0) is 12.1 Å². The van der Waals surface area contributed by atoms with Crippen molar-refractivity contribution in [3.63, 3.8) is 0 Å². The number of aromatic nitrogens is 2. The van der Waals surface area contributed by atoms with Crippen LogP contribution in [0.3, 0.4) is 0 Å². The van der Waals surface area contributed by atoms with Crippen molar-refractivity contribution in [3.8, 4) is 24.0 Å². The Morgan fingerprint density at radius 1 is 1.50 bits per heavy atom. The highest BCUT2D eigenvalue weighted by molar-refractivity contribution is 7.99. The topological polar surface area (TPSA) is 52.1 Å². The Bertz CT molecular complexity index is 442. The minimum atomic E-state index is 0.370. The molecule has 2 aromatic heterocycles. The van der Waals surface area contributed by atoms with E-state index in [0.29, 0.717) is 22.6 Å². The predicted molar refractivity (Wildman–Crippen MR) is 51.6 cm³/mol. The molecule has 0 saturated heterocycles. The van der Waals surface area contributed by atoms with Crippen LogP contribution >= 0.6 is 11.8 Å². The molecule has 0 fully saturated rings. The number of hydrogen-bond acceptors (Lipinski definition) is 5. The Morgan fingerprint density at radius 3 is 3.14 bits per heavy atom. The molecule has 0 N–H and O–H groups in total. The normalized spacial score (nSPS) is 9.93. The van der Waals surface area contributed by atoms with Crippen LogP contribution in [0.25, 0.3) is 11.7 Å². The highest BCUT2D eigenvalue weighted by atomic mass is 32.2. The van der Waals surface area contributed by atoms with Crippen molar-refractivity contribution >= 4 is 11.8 Å². The molecule has 14 heavy (non-hydrogen) atoms. The fourth-order valence-corrected chi connectivity index (χ4v) is 1.31. The van der Waals surface area contributed by atoms with Gasteiger partial charge in [0.1, 0.15) is 0 Å². The zero-order valence-electron chi connectivity index (χ0n) is 7.14. The third-order valence-electron chi connectivity index (χ3n) is 1.42. The van der Waals surface area contributed by atoms with Gasteiger partial charge < -0.3 is 8.83 Å². The van der Waals surface area contributed by atoms with Crippen LogP contribution in [0.4, 0.5) is 0 Å². The summed E-state index contributed by atoms with van der Waals surface area (Å²) in [6.45, 7) is 0. The molecule has 2 aromatic rings. The maximum Gasteiger partial charge on any atom is 0.284 e. The van der Waals surface area contributed by atoms with Crippen molar-refractivity contribution in [2.75, 3.05) is 5.75 Å². The highest BCUT2D eigenvalue weighted by Crippen LogP contribution is 2.22. The summed E-state index contributed by atoms with van der Waals surface area (Å²) in [7, 11) is 0. The average Bonchev–Trinajstić information content (AvgIpc) is 2.85. The maximum absolute atomic E-state index is 5.28. The van der Waals surface area contributed by atoms with E-state index in [0.717, 1.165) is 0 Å². The van der Waals surface area contributed by atoms with E-state index in [2.05, 4.69) is 16.1 Å². The van der Waals surface area contributed by atoms with Gasteiger partial charge in [0.2, 0.25) is 0 Å². The van der Waals surface area contributed by atoms with Gasteiger partial charge in [-0.3, -0.25) is 0 Å². The second-order valence-electron chi connectivity index (χ2n) is 2.34. The molecule has 0 radical (unpaired) electrons. The standard InChI is InChI=1S/C9H6N2O2S/c1-2-6-14-9-11-10-8(13-9)7-4-3-5-12-7/h1,3-5H,6H2. The second kappa shape index (κ2) is 4.03. The first-order chi connectivity index (χ1) is 6.90. The van der Waals surface area contributed by atoms with Gasteiger partial charge >= 0.3 is 0 Å². The second-order valence-corrected chi connectivity index (χ2v) is 3.27. The lowest BCUT2D eigenvalue weighted by Crippen LogP contribution is -1.73. The Balaban J connectivity index is 2.15. The van der Waals surface area contributed by atoms with E-state index in [1.54, 1.807) is 18.4 Å². The van der Waals surface area contributed by atoms with Crippen LogP contribution in [0.5, 0.6) is 0 Å². The molecule has 2 rings (SSSR count). The van der Waals surface area contributed by atoms with Crippen molar-refractivity contribution in [2.45, 2.75) is 5.22 Å². The molecule has 0 aliphatic carbocycles. The Kier molecular flexibility index (Phi) is 2.56. The lowest BCUT2D eigenvalue weighted by atomic mass is 10.5. The average molecular weight is 206 g/mol. The van der Waals surface area contributed by atoms with Gasteiger partial charge in [0.25, 0.3) is 11.1 Å². The van der Waals surface area contributed by atoms with E-state index in [4.69, 9.17) is 15.3 Å². The van der Waals surface area contributed by atoms with Gasteiger partial charge in [-0.25, -0.2) is 0 Å². The van der Waals surface area contributed by atoms with Crippen molar-refractivity contribution in [2.24, 2.45) is 0 Å². The SMILES string of the molecule is C#CCSc1nnc(-c2ccco2)o1. The summed E-state index contributed by atoms with van der Waals surface area (Å²) in [6, 6.07) is 3.51. The zero-order chi connectivity index (χ0) is 9.80. The molecule has 0 unspecified atom stereocenters. The molecule has 0 amide bonds. The third-order valence-corrected chi connectivity index (χ3v) is 2.14. The minimum absolute atomic E-state index is 0.370. The molecule has 0 aromatic carbocycles. The van der Waals surface area contributed by atoms with E-state index >= 15 is 0 Å². The smallest absolute Gasteiger partial charge is 0.284 e. The van der Waals surface area contributed by atoms with Crippen LogP contribution in [-0.2, 0) is 0 Å². The molecule has 0 aliphatic rings. The lowest BCUT2D eigenvalue weighted by molar-refractivity contribution is 0.447. The summed E-state index contributed by atoms with van der Waals surface area (Å²) < 4.78 is 10.4. The fourth-order valence-electron chi connectivity index (χ4n) is 0.871. The minimum Gasteiger partial charge on any atom is -0.459 e. The predicted octanol–water partition coefficient (Wildman–Crippen LogP) is 2.05. The molecule has 0 spiro atoms. The van der Waals surface area contributed by atoms with Crippen LogP contribution in [0.15, 0.2) is 32.5 Å². The third kappa shape index (κ3) is 1.80. The van der Waals surface area contributed by atoms with Gasteiger partial charge in [-0.1, -0.05) is 17.7 Å². The Hall–Kier alpha value is -1.67. The summed E-state index contributed by atoms with van der Waals surface area (Å²) in [5.74, 6) is 3.92. The maximum atomic E-state index is 5.28.